The molecule has 0 aliphatic heterocycles. The number of benzene rings is 3. The average Bonchev–Trinajstić information content (AvgIpc) is 3.28. The Labute approximate surface area is 182 Å². The highest BCUT2D eigenvalue weighted by Crippen LogP contribution is 2.31. The number of ether oxygens (including phenoxy) is 1. The van der Waals surface area contributed by atoms with Crippen LogP contribution in [-0.2, 0) is 4.79 Å². The number of amides is 1. The van der Waals surface area contributed by atoms with Crippen LogP contribution >= 0.6 is 0 Å². The molecule has 0 spiro atoms. The van der Waals surface area contributed by atoms with Crippen molar-refractivity contribution >= 4 is 17.3 Å². The highest BCUT2D eigenvalue weighted by molar-refractivity contribution is 5.94. The summed E-state index contributed by atoms with van der Waals surface area (Å²) < 4.78 is 11.1. The van der Waals surface area contributed by atoms with Crippen molar-refractivity contribution in [3.63, 3.8) is 0 Å². The highest BCUT2D eigenvalue weighted by atomic mass is 16.6. The minimum absolute atomic E-state index is 0.0964. The summed E-state index contributed by atoms with van der Waals surface area (Å²) in [5.74, 6) is 0.519. The first-order chi connectivity index (χ1) is 15.5. The SMILES string of the molecule is Cc1ccccc1-c1noc(-c2ccccc2OCC(=O)Nc2ccccc2[N+](=O)[O-])n1. The fraction of sp³-hybridized carbons (Fsp3) is 0.0870. The van der Waals surface area contributed by atoms with E-state index in [1.54, 1.807) is 30.3 Å². The summed E-state index contributed by atoms with van der Waals surface area (Å²) in [5.41, 5.74) is 2.29. The second-order valence-corrected chi connectivity index (χ2v) is 6.85. The van der Waals surface area contributed by atoms with Crippen molar-refractivity contribution in [1.82, 2.24) is 10.1 Å². The summed E-state index contributed by atoms with van der Waals surface area (Å²) in [4.78, 5) is 27.3. The molecule has 160 valence electrons. The van der Waals surface area contributed by atoms with Crippen LogP contribution in [-0.4, -0.2) is 27.6 Å². The van der Waals surface area contributed by atoms with Crippen LogP contribution in [0, 0.1) is 17.0 Å². The Bertz CT molecular complexity index is 1280. The van der Waals surface area contributed by atoms with E-state index in [-0.39, 0.29) is 23.9 Å². The maximum Gasteiger partial charge on any atom is 0.292 e. The third kappa shape index (κ3) is 4.46. The summed E-state index contributed by atoms with van der Waals surface area (Å²) in [6.07, 6.45) is 0. The van der Waals surface area contributed by atoms with Gasteiger partial charge in [0, 0.05) is 11.6 Å². The Hall–Kier alpha value is -4.53. The van der Waals surface area contributed by atoms with Gasteiger partial charge in [0.15, 0.2) is 6.61 Å². The first-order valence-corrected chi connectivity index (χ1v) is 9.68. The quantitative estimate of drug-likeness (QED) is 0.335. The van der Waals surface area contributed by atoms with E-state index in [1.165, 1.54) is 18.2 Å². The fourth-order valence-electron chi connectivity index (χ4n) is 3.10. The minimum Gasteiger partial charge on any atom is -0.483 e. The number of hydrogen-bond donors (Lipinski definition) is 1. The minimum atomic E-state index is -0.562. The maximum atomic E-state index is 12.3. The second kappa shape index (κ2) is 9.09. The molecule has 0 saturated carbocycles. The first kappa shape index (κ1) is 20.7. The van der Waals surface area contributed by atoms with Gasteiger partial charge in [-0.3, -0.25) is 14.9 Å². The van der Waals surface area contributed by atoms with Gasteiger partial charge < -0.3 is 14.6 Å². The number of nitro benzene ring substituents is 1. The standard InChI is InChI=1S/C23H18N4O5/c1-15-8-2-3-9-16(15)22-25-23(32-26-22)17-10-4-7-13-20(17)31-14-21(28)24-18-11-5-6-12-19(18)27(29)30/h2-13H,14H2,1H3,(H,24,28). The molecule has 0 aliphatic rings. The van der Waals surface area contributed by atoms with Crippen LogP contribution in [0.2, 0.25) is 0 Å². The van der Waals surface area contributed by atoms with E-state index in [9.17, 15) is 14.9 Å². The molecule has 0 radical (unpaired) electrons. The van der Waals surface area contributed by atoms with Crippen LogP contribution in [0.1, 0.15) is 5.56 Å². The zero-order chi connectivity index (χ0) is 22.5. The lowest BCUT2D eigenvalue weighted by atomic mass is 10.1. The van der Waals surface area contributed by atoms with Gasteiger partial charge in [0.05, 0.1) is 10.5 Å². The number of aryl methyl sites for hydroxylation is 1. The van der Waals surface area contributed by atoms with Gasteiger partial charge in [-0.15, -0.1) is 0 Å². The van der Waals surface area contributed by atoms with Gasteiger partial charge >= 0.3 is 0 Å². The molecule has 9 heteroatoms. The predicted octanol–water partition coefficient (Wildman–Crippen LogP) is 4.64. The zero-order valence-electron chi connectivity index (χ0n) is 17.0. The first-order valence-electron chi connectivity index (χ1n) is 9.68. The smallest absolute Gasteiger partial charge is 0.292 e. The molecular weight excluding hydrogens is 412 g/mol. The molecule has 4 rings (SSSR count). The Morgan fingerprint density at radius 3 is 2.50 bits per heavy atom. The Kier molecular flexibility index (Phi) is 5.89. The van der Waals surface area contributed by atoms with Gasteiger partial charge in [-0.2, -0.15) is 4.98 Å². The molecule has 1 aromatic heterocycles. The van der Waals surface area contributed by atoms with E-state index in [1.807, 2.05) is 31.2 Å². The summed E-state index contributed by atoms with van der Waals surface area (Å²) in [7, 11) is 0. The lowest BCUT2D eigenvalue weighted by molar-refractivity contribution is -0.383. The van der Waals surface area contributed by atoms with Gasteiger partial charge in [-0.05, 0) is 30.7 Å². The van der Waals surface area contributed by atoms with Gasteiger partial charge in [0.25, 0.3) is 17.5 Å². The molecule has 0 fully saturated rings. The van der Waals surface area contributed by atoms with Crippen LogP contribution in [0.25, 0.3) is 22.8 Å². The molecule has 1 heterocycles. The van der Waals surface area contributed by atoms with Gasteiger partial charge in [0.1, 0.15) is 11.4 Å². The Balaban J connectivity index is 1.50. The van der Waals surface area contributed by atoms with Gasteiger partial charge in [-0.25, -0.2) is 0 Å². The van der Waals surface area contributed by atoms with Crippen molar-refractivity contribution in [2.45, 2.75) is 6.92 Å². The number of nitrogens with zero attached hydrogens (tertiary/aromatic N) is 3. The molecule has 1 amide bonds. The summed E-state index contributed by atoms with van der Waals surface area (Å²) in [6.45, 7) is 1.60. The van der Waals surface area contributed by atoms with Crippen LogP contribution in [0.3, 0.4) is 0 Å². The van der Waals surface area contributed by atoms with Crippen LogP contribution in [0.4, 0.5) is 11.4 Å². The number of rotatable bonds is 7. The van der Waals surface area contributed by atoms with Crippen molar-refractivity contribution < 1.29 is 19.0 Å². The third-order valence-electron chi connectivity index (χ3n) is 4.66. The Morgan fingerprint density at radius 2 is 1.72 bits per heavy atom. The van der Waals surface area contributed by atoms with Crippen molar-refractivity contribution in [2.24, 2.45) is 0 Å². The number of nitro groups is 1. The third-order valence-corrected chi connectivity index (χ3v) is 4.66. The predicted molar refractivity (Wildman–Crippen MR) is 117 cm³/mol. The lowest BCUT2D eigenvalue weighted by Gasteiger charge is -2.10. The molecule has 4 aromatic rings. The van der Waals surface area contributed by atoms with Crippen molar-refractivity contribution in [3.8, 4) is 28.6 Å². The molecule has 0 aliphatic carbocycles. The van der Waals surface area contributed by atoms with Crippen molar-refractivity contribution in [3.05, 3.63) is 88.5 Å². The maximum absolute atomic E-state index is 12.3. The van der Waals surface area contributed by atoms with E-state index < -0.39 is 10.8 Å². The fourth-order valence-corrected chi connectivity index (χ4v) is 3.10. The molecule has 1 N–H and O–H groups in total. The van der Waals surface area contributed by atoms with E-state index >= 15 is 0 Å². The van der Waals surface area contributed by atoms with Crippen molar-refractivity contribution in [1.29, 1.82) is 0 Å². The van der Waals surface area contributed by atoms with Crippen LogP contribution in [0.15, 0.2) is 77.3 Å². The number of aromatic nitrogens is 2. The van der Waals surface area contributed by atoms with Crippen LogP contribution < -0.4 is 10.1 Å². The summed E-state index contributed by atoms with van der Waals surface area (Å²) in [6, 6.07) is 20.5. The number of anilines is 1. The van der Waals surface area contributed by atoms with Gasteiger partial charge in [-0.1, -0.05) is 53.7 Å². The van der Waals surface area contributed by atoms with Gasteiger partial charge in [0.2, 0.25) is 5.82 Å². The summed E-state index contributed by atoms with van der Waals surface area (Å²) in [5, 5.41) is 17.7. The molecule has 32 heavy (non-hydrogen) atoms. The molecule has 0 atom stereocenters. The number of nitrogens with one attached hydrogen (secondary N) is 1. The number of carbonyl (C=O) groups excluding carboxylic acids is 1. The average molecular weight is 430 g/mol. The zero-order valence-corrected chi connectivity index (χ0v) is 17.0. The van der Waals surface area contributed by atoms with E-state index in [0.29, 0.717) is 17.1 Å². The van der Waals surface area contributed by atoms with E-state index in [4.69, 9.17) is 9.26 Å². The van der Waals surface area contributed by atoms with Crippen LogP contribution in [0.5, 0.6) is 5.75 Å². The molecule has 9 nitrogen and oxygen atoms in total. The Morgan fingerprint density at radius 1 is 1.03 bits per heavy atom. The molecule has 0 unspecified atom stereocenters. The lowest BCUT2D eigenvalue weighted by Crippen LogP contribution is -2.20. The normalized spacial score (nSPS) is 10.5. The molecular formula is C23H18N4O5. The molecule has 0 bridgehead atoms. The number of carbonyl (C=O) groups is 1. The highest BCUT2D eigenvalue weighted by Gasteiger charge is 2.18. The van der Waals surface area contributed by atoms with E-state index in [0.717, 1.165) is 11.1 Å². The summed E-state index contributed by atoms with van der Waals surface area (Å²) >= 11 is 0. The topological polar surface area (TPSA) is 120 Å². The van der Waals surface area contributed by atoms with Crippen molar-refractivity contribution in [2.75, 3.05) is 11.9 Å². The monoisotopic (exact) mass is 430 g/mol. The molecule has 0 saturated heterocycles. The number of para-hydroxylation sites is 3. The second-order valence-electron chi connectivity index (χ2n) is 6.85. The largest absolute Gasteiger partial charge is 0.483 e. The number of hydrogen-bond acceptors (Lipinski definition) is 7. The van der Waals surface area contributed by atoms with E-state index in [2.05, 4.69) is 15.5 Å². The molecule has 3 aromatic carbocycles.